The fourth-order valence-corrected chi connectivity index (χ4v) is 3.56. The summed E-state index contributed by atoms with van der Waals surface area (Å²) in [6.07, 6.45) is 0. The largest absolute Gasteiger partial charge is 0.383 e. The molecule has 2 nitrogen and oxygen atoms in total. The molecule has 5 heteroatoms. The van der Waals surface area contributed by atoms with Crippen molar-refractivity contribution in [3.05, 3.63) is 46.7 Å². The summed E-state index contributed by atoms with van der Waals surface area (Å²) in [6.45, 7) is 0. The molecular formula is C13H11ClN2S2. The van der Waals surface area contributed by atoms with Crippen LogP contribution >= 0.6 is 35.1 Å². The molecule has 3 rings (SSSR count). The van der Waals surface area contributed by atoms with E-state index in [4.69, 9.17) is 11.1 Å². The van der Waals surface area contributed by atoms with Gasteiger partial charge in [0.05, 0.1) is 4.88 Å². The molecule has 0 aliphatic rings. The second-order valence-electron chi connectivity index (χ2n) is 3.72. The van der Waals surface area contributed by atoms with Gasteiger partial charge in [-0.15, -0.1) is 35.1 Å². The Morgan fingerprint density at radius 3 is 2.67 bits per heavy atom. The number of nitrogens with one attached hydrogen (secondary N) is 1. The molecule has 2 aromatic heterocycles. The molecule has 92 valence electrons. The predicted molar refractivity (Wildman–Crippen MR) is 83.4 cm³/mol. The van der Waals surface area contributed by atoms with Crippen LogP contribution in [0.2, 0.25) is 0 Å². The SMILES string of the molecule is Cl.N=C(N)c1cc2c(-c3cccs3)cccc2s1. The van der Waals surface area contributed by atoms with Crippen molar-refractivity contribution < 1.29 is 0 Å². The average Bonchev–Trinajstić information content (AvgIpc) is 2.97. The lowest BCUT2D eigenvalue weighted by molar-refractivity contribution is 1.46. The van der Waals surface area contributed by atoms with Crippen molar-refractivity contribution in [1.29, 1.82) is 5.41 Å². The summed E-state index contributed by atoms with van der Waals surface area (Å²) in [6, 6.07) is 12.4. The van der Waals surface area contributed by atoms with E-state index in [0.717, 1.165) is 4.88 Å². The highest BCUT2D eigenvalue weighted by molar-refractivity contribution is 7.21. The Bertz CT molecular complexity index is 686. The summed E-state index contributed by atoms with van der Waals surface area (Å²) in [5, 5.41) is 10.8. The van der Waals surface area contributed by atoms with Crippen LogP contribution in [-0.2, 0) is 0 Å². The predicted octanol–water partition coefficient (Wildman–Crippen LogP) is 4.34. The van der Waals surface area contributed by atoms with E-state index in [1.165, 1.54) is 20.5 Å². The van der Waals surface area contributed by atoms with Crippen molar-refractivity contribution in [3.63, 3.8) is 0 Å². The minimum Gasteiger partial charge on any atom is -0.383 e. The maximum atomic E-state index is 7.50. The highest BCUT2D eigenvalue weighted by atomic mass is 35.5. The number of hydrogen-bond acceptors (Lipinski definition) is 3. The zero-order valence-corrected chi connectivity index (χ0v) is 11.8. The molecule has 18 heavy (non-hydrogen) atoms. The number of nitrogen functional groups attached to an aromatic ring is 1. The number of nitrogens with two attached hydrogens (primary N) is 1. The minimum atomic E-state index is 0. The third kappa shape index (κ3) is 2.14. The smallest absolute Gasteiger partial charge is 0.133 e. The summed E-state index contributed by atoms with van der Waals surface area (Å²) in [7, 11) is 0. The normalized spacial score (nSPS) is 10.2. The summed E-state index contributed by atoms with van der Waals surface area (Å²) in [4.78, 5) is 2.09. The van der Waals surface area contributed by atoms with Crippen LogP contribution < -0.4 is 5.73 Å². The number of thiophene rings is 2. The fourth-order valence-electron chi connectivity index (χ4n) is 1.84. The van der Waals surface area contributed by atoms with Crippen LogP contribution in [0.3, 0.4) is 0 Å². The topological polar surface area (TPSA) is 49.9 Å². The monoisotopic (exact) mass is 294 g/mol. The van der Waals surface area contributed by atoms with Crippen LogP contribution in [-0.4, -0.2) is 5.84 Å². The van der Waals surface area contributed by atoms with Gasteiger partial charge in [-0.3, -0.25) is 5.41 Å². The molecule has 3 aromatic rings. The van der Waals surface area contributed by atoms with Gasteiger partial charge in [0, 0.05) is 20.5 Å². The van der Waals surface area contributed by atoms with E-state index < -0.39 is 0 Å². The van der Waals surface area contributed by atoms with Gasteiger partial charge >= 0.3 is 0 Å². The lowest BCUT2D eigenvalue weighted by Crippen LogP contribution is -2.08. The Morgan fingerprint density at radius 2 is 2.00 bits per heavy atom. The van der Waals surface area contributed by atoms with E-state index in [9.17, 15) is 0 Å². The Balaban J connectivity index is 0.00000120. The first-order valence-corrected chi connectivity index (χ1v) is 6.86. The van der Waals surface area contributed by atoms with Gasteiger partial charge in [0.1, 0.15) is 5.84 Å². The maximum absolute atomic E-state index is 7.50. The second-order valence-corrected chi connectivity index (χ2v) is 5.75. The quantitative estimate of drug-likeness (QED) is 0.536. The van der Waals surface area contributed by atoms with Gasteiger partial charge in [-0.25, -0.2) is 0 Å². The Morgan fingerprint density at radius 1 is 1.17 bits per heavy atom. The molecule has 0 amide bonds. The molecule has 0 unspecified atom stereocenters. The van der Waals surface area contributed by atoms with E-state index >= 15 is 0 Å². The van der Waals surface area contributed by atoms with Gasteiger partial charge < -0.3 is 5.73 Å². The summed E-state index contributed by atoms with van der Waals surface area (Å²) in [5.74, 6) is 0.142. The number of rotatable bonds is 2. The lowest BCUT2D eigenvalue weighted by atomic mass is 10.1. The minimum absolute atomic E-state index is 0. The fraction of sp³-hybridized carbons (Fsp3) is 0. The van der Waals surface area contributed by atoms with Crippen molar-refractivity contribution >= 4 is 51.0 Å². The van der Waals surface area contributed by atoms with E-state index in [2.05, 4.69) is 35.7 Å². The van der Waals surface area contributed by atoms with Crippen LogP contribution in [0.15, 0.2) is 41.8 Å². The van der Waals surface area contributed by atoms with Crippen molar-refractivity contribution in [1.82, 2.24) is 0 Å². The summed E-state index contributed by atoms with van der Waals surface area (Å²) in [5.41, 5.74) is 6.77. The molecular weight excluding hydrogens is 284 g/mol. The van der Waals surface area contributed by atoms with E-state index in [1.54, 1.807) is 22.7 Å². The van der Waals surface area contributed by atoms with Crippen LogP contribution in [0.4, 0.5) is 0 Å². The molecule has 0 fully saturated rings. The third-order valence-corrected chi connectivity index (χ3v) is 4.65. The van der Waals surface area contributed by atoms with E-state index in [1.807, 2.05) is 6.07 Å². The van der Waals surface area contributed by atoms with Crippen LogP contribution in [0, 0.1) is 5.41 Å². The van der Waals surface area contributed by atoms with Gasteiger partial charge in [-0.1, -0.05) is 18.2 Å². The van der Waals surface area contributed by atoms with Gasteiger partial charge in [0.25, 0.3) is 0 Å². The first-order valence-electron chi connectivity index (χ1n) is 5.16. The van der Waals surface area contributed by atoms with Gasteiger partial charge in [0.2, 0.25) is 0 Å². The molecule has 0 spiro atoms. The first-order chi connectivity index (χ1) is 8.25. The number of halogens is 1. The van der Waals surface area contributed by atoms with Crippen LogP contribution in [0.5, 0.6) is 0 Å². The van der Waals surface area contributed by atoms with Gasteiger partial charge in [0.15, 0.2) is 0 Å². The molecule has 0 bridgehead atoms. The van der Waals surface area contributed by atoms with Crippen molar-refractivity contribution in [2.45, 2.75) is 0 Å². The maximum Gasteiger partial charge on any atom is 0.133 e. The van der Waals surface area contributed by atoms with Crippen molar-refractivity contribution in [2.75, 3.05) is 0 Å². The second kappa shape index (κ2) is 5.10. The highest BCUT2D eigenvalue weighted by Crippen LogP contribution is 2.35. The zero-order valence-electron chi connectivity index (χ0n) is 9.34. The Kier molecular flexibility index (Phi) is 3.71. The molecule has 0 saturated heterocycles. The molecule has 2 heterocycles. The Hall–Kier alpha value is -1.36. The van der Waals surface area contributed by atoms with Crippen LogP contribution in [0.25, 0.3) is 20.5 Å². The molecule has 0 aliphatic heterocycles. The number of fused-ring (bicyclic) bond motifs is 1. The molecule has 0 saturated carbocycles. The average molecular weight is 295 g/mol. The zero-order chi connectivity index (χ0) is 11.8. The third-order valence-electron chi connectivity index (χ3n) is 2.61. The first kappa shape index (κ1) is 13.1. The van der Waals surface area contributed by atoms with E-state index in [-0.39, 0.29) is 18.2 Å². The molecule has 0 atom stereocenters. The standard InChI is InChI=1S/C13H10N2S2.ClH/c14-13(15)12-7-9-8(10-5-2-6-16-10)3-1-4-11(9)17-12;/h1-7H,(H3,14,15);1H. The number of hydrogen-bond donors (Lipinski definition) is 2. The summed E-state index contributed by atoms with van der Waals surface area (Å²) >= 11 is 3.30. The van der Waals surface area contributed by atoms with Crippen LogP contribution in [0.1, 0.15) is 4.88 Å². The molecule has 0 aliphatic carbocycles. The molecule has 1 aromatic carbocycles. The van der Waals surface area contributed by atoms with Crippen molar-refractivity contribution in [2.24, 2.45) is 5.73 Å². The molecule has 3 N–H and O–H groups in total. The lowest BCUT2D eigenvalue weighted by Gasteiger charge is -1.98. The van der Waals surface area contributed by atoms with Gasteiger partial charge in [-0.05, 0) is 23.6 Å². The Labute approximate surface area is 119 Å². The number of benzene rings is 1. The van der Waals surface area contributed by atoms with E-state index in [0.29, 0.717) is 0 Å². The van der Waals surface area contributed by atoms with Gasteiger partial charge in [-0.2, -0.15) is 0 Å². The summed E-state index contributed by atoms with van der Waals surface area (Å²) < 4.78 is 1.18. The number of amidine groups is 1. The van der Waals surface area contributed by atoms with Crippen molar-refractivity contribution in [3.8, 4) is 10.4 Å². The highest BCUT2D eigenvalue weighted by Gasteiger charge is 2.09. The molecule has 0 radical (unpaired) electrons.